The number of carbonyl (C=O) groups excluding carboxylic acids is 1. The first-order chi connectivity index (χ1) is 14.2. The fourth-order valence-corrected chi connectivity index (χ4v) is 4.82. The number of carbonyl (C=O) groups is 1. The molecule has 148 valence electrons. The van der Waals surface area contributed by atoms with Gasteiger partial charge in [-0.1, -0.05) is 31.4 Å². The van der Waals surface area contributed by atoms with Crippen LogP contribution in [0.5, 0.6) is 0 Å². The first kappa shape index (κ1) is 18.1. The first-order valence-corrected chi connectivity index (χ1v) is 10.8. The summed E-state index contributed by atoms with van der Waals surface area (Å²) in [6, 6.07) is 8.44. The Bertz CT molecular complexity index is 1170. The van der Waals surface area contributed by atoms with E-state index in [1.165, 1.54) is 30.6 Å². The number of thiazole rings is 1. The molecule has 1 fully saturated rings. The summed E-state index contributed by atoms with van der Waals surface area (Å²) in [7, 11) is 1.86. The Morgan fingerprint density at radius 1 is 1.17 bits per heavy atom. The topological polar surface area (TPSA) is 77.6 Å². The van der Waals surface area contributed by atoms with Gasteiger partial charge in [0, 0.05) is 30.2 Å². The molecule has 0 bridgehead atoms. The van der Waals surface area contributed by atoms with Crippen molar-refractivity contribution in [1.29, 1.82) is 0 Å². The number of aryl methyl sites for hydroxylation is 1. The summed E-state index contributed by atoms with van der Waals surface area (Å²) in [6.07, 6.45) is 9.58. The molecule has 3 aromatic heterocycles. The van der Waals surface area contributed by atoms with Gasteiger partial charge in [-0.05, 0) is 25.0 Å². The van der Waals surface area contributed by atoms with Crippen LogP contribution < -0.4 is 5.32 Å². The molecule has 0 saturated heterocycles. The smallest absolute Gasteiger partial charge is 0.277 e. The number of aromatic nitrogens is 5. The van der Waals surface area contributed by atoms with Crippen molar-refractivity contribution in [3.05, 3.63) is 47.7 Å². The number of rotatable bonds is 4. The van der Waals surface area contributed by atoms with Crippen molar-refractivity contribution in [2.45, 2.75) is 38.1 Å². The monoisotopic (exact) mass is 406 g/mol. The Kier molecular flexibility index (Phi) is 4.63. The second-order valence-electron chi connectivity index (χ2n) is 7.48. The van der Waals surface area contributed by atoms with Crippen LogP contribution in [0.25, 0.3) is 21.6 Å². The van der Waals surface area contributed by atoms with E-state index in [2.05, 4.69) is 26.0 Å². The van der Waals surface area contributed by atoms with E-state index in [1.54, 1.807) is 16.3 Å². The van der Waals surface area contributed by atoms with Gasteiger partial charge in [-0.2, -0.15) is 5.10 Å². The molecule has 0 radical (unpaired) electrons. The van der Waals surface area contributed by atoms with E-state index < -0.39 is 0 Å². The van der Waals surface area contributed by atoms with Gasteiger partial charge in [0.1, 0.15) is 10.7 Å². The third-order valence-electron chi connectivity index (χ3n) is 5.45. The van der Waals surface area contributed by atoms with Gasteiger partial charge in [0.15, 0.2) is 0 Å². The average Bonchev–Trinajstić information content (AvgIpc) is 3.46. The van der Waals surface area contributed by atoms with Gasteiger partial charge in [0.25, 0.3) is 5.91 Å². The molecule has 0 aliphatic heterocycles. The molecule has 29 heavy (non-hydrogen) atoms. The van der Waals surface area contributed by atoms with Gasteiger partial charge in [0.2, 0.25) is 5.95 Å². The average molecular weight is 407 g/mol. The van der Waals surface area contributed by atoms with E-state index in [-0.39, 0.29) is 5.91 Å². The van der Waals surface area contributed by atoms with Crippen LogP contribution in [0.4, 0.5) is 5.95 Å². The van der Waals surface area contributed by atoms with Gasteiger partial charge in [-0.25, -0.2) is 9.97 Å². The third-order valence-corrected chi connectivity index (χ3v) is 6.34. The Balaban J connectivity index is 1.45. The summed E-state index contributed by atoms with van der Waals surface area (Å²) in [5.74, 6) is 0.378. The van der Waals surface area contributed by atoms with E-state index >= 15 is 0 Å². The molecule has 1 aliphatic carbocycles. The highest BCUT2D eigenvalue weighted by molar-refractivity contribution is 7.13. The number of nitrogens with one attached hydrogen (secondary N) is 1. The van der Waals surface area contributed by atoms with Crippen LogP contribution in [0, 0.1) is 0 Å². The van der Waals surface area contributed by atoms with Crippen LogP contribution in [0.3, 0.4) is 0 Å². The van der Waals surface area contributed by atoms with Gasteiger partial charge in [-0.3, -0.25) is 14.8 Å². The fraction of sp³-hybridized carbons (Fsp3) is 0.333. The number of imidazole rings is 1. The number of hydrogen-bond acceptors (Lipinski definition) is 5. The zero-order valence-electron chi connectivity index (χ0n) is 16.2. The van der Waals surface area contributed by atoms with Crippen LogP contribution in [0.2, 0.25) is 0 Å². The lowest BCUT2D eigenvalue weighted by Crippen LogP contribution is -2.20. The van der Waals surface area contributed by atoms with E-state index in [9.17, 15) is 4.79 Å². The van der Waals surface area contributed by atoms with Crippen molar-refractivity contribution < 1.29 is 4.79 Å². The summed E-state index contributed by atoms with van der Waals surface area (Å²) in [6.45, 7) is 0. The number of amides is 1. The van der Waals surface area contributed by atoms with Crippen molar-refractivity contribution >= 4 is 34.2 Å². The summed E-state index contributed by atoms with van der Waals surface area (Å²) in [5.41, 5.74) is 3.29. The normalized spacial score (nSPS) is 15.1. The maximum atomic E-state index is 12.9. The van der Waals surface area contributed by atoms with E-state index in [4.69, 9.17) is 4.98 Å². The predicted molar refractivity (Wildman–Crippen MR) is 114 cm³/mol. The highest BCUT2D eigenvalue weighted by Crippen LogP contribution is 2.34. The zero-order chi connectivity index (χ0) is 19.8. The lowest BCUT2D eigenvalue weighted by molar-refractivity contribution is 0.102. The van der Waals surface area contributed by atoms with E-state index in [1.807, 2.05) is 31.4 Å². The zero-order valence-corrected chi connectivity index (χ0v) is 17.0. The molecule has 1 aromatic carbocycles. The summed E-state index contributed by atoms with van der Waals surface area (Å²) < 4.78 is 3.93. The maximum absolute atomic E-state index is 12.9. The minimum absolute atomic E-state index is 0.233. The Morgan fingerprint density at radius 2 is 2.00 bits per heavy atom. The fourth-order valence-electron chi connectivity index (χ4n) is 4.05. The van der Waals surface area contributed by atoms with Crippen LogP contribution in [-0.4, -0.2) is 30.2 Å². The summed E-state index contributed by atoms with van der Waals surface area (Å²) in [4.78, 5) is 22.2. The van der Waals surface area contributed by atoms with Gasteiger partial charge < -0.3 is 4.57 Å². The van der Waals surface area contributed by atoms with Gasteiger partial charge in [0.05, 0.1) is 17.2 Å². The lowest BCUT2D eigenvalue weighted by atomic mass is 9.95. The van der Waals surface area contributed by atoms with Gasteiger partial charge in [-0.15, -0.1) is 11.3 Å². The molecule has 1 saturated carbocycles. The molecule has 1 N–H and O–H groups in total. The molecule has 0 unspecified atom stereocenters. The number of fused-ring (bicyclic) bond motifs is 1. The molecular formula is C21H22N6OS. The number of anilines is 1. The van der Waals surface area contributed by atoms with E-state index in [0.29, 0.717) is 17.7 Å². The Hall–Kier alpha value is -3.00. The number of nitrogens with zero attached hydrogens (tertiary/aromatic N) is 5. The highest BCUT2D eigenvalue weighted by Gasteiger charge is 2.23. The Labute approximate surface area is 172 Å². The second-order valence-corrected chi connectivity index (χ2v) is 8.34. The Morgan fingerprint density at radius 3 is 2.79 bits per heavy atom. The van der Waals surface area contributed by atoms with Crippen molar-refractivity contribution in [3.8, 4) is 10.6 Å². The van der Waals surface area contributed by atoms with Crippen molar-refractivity contribution in [2.75, 3.05) is 5.32 Å². The first-order valence-electron chi connectivity index (χ1n) is 9.92. The van der Waals surface area contributed by atoms with Crippen LogP contribution in [0.15, 0.2) is 42.0 Å². The summed E-state index contributed by atoms with van der Waals surface area (Å²) in [5, 5.41) is 9.76. The highest BCUT2D eigenvalue weighted by atomic mass is 32.1. The lowest BCUT2D eigenvalue weighted by Gasteiger charge is -2.25. The predicted octanol–water partition coefficient (Wildman–Crippen LogP) is 4.65. The van der Waals surface area contributed by atoms with Crippen molar-refractivity contribution in [2.24, 2.45) is 7.05 Å². The SMILES string of the molecule is Cn1cc(-c2nc(C(=O)Nc3nc4ccccc4n3C3CCCCC3)cs2)cn1. The minimum atomic E-state index is -0.233. The molecule has 4 aromatic rings. The molecule has 0 atom stereocenters. The molecule has 7 nitrogen and oxygen atoms in total. The molecule has 5 rings (SSSR count). The third kappa shape index (κ3) is 3.44. The standard InChI is InChI=1S/C21H22N6OS/c1-26-12-14(11-22-26)20-23-17(13-29-20)19(28)25-21-24-16-9-5-6-10-18(16)27(21)15-7-3-2-4-8-15/h5-6,9-13,15H,2-4,7-8H2,1H3,(H,24,25,28). The second kappa shape index (κ2) is 7.44. The maximum Gasteiger partial charge on any atom is 0.277 e. The number of benzene rings is 1. The van der Waals surface area contributed by atoms with Crippen molar-refractivity contribution in [3.63, 3.8) is 0 Å². The van der Waals surface area contributed by atoms with Gasteiger partial charge >= 0.3 is 0 Å². The number of para-hydroxylation sites is 2. The molecule has 1 aliphatic rings. The van der Waals surface area contributed by atoms with Crippen LogP contribution in [0.1, 0.15) is 48.6 Å². The quantitative estimate of drug-likeness (QED) is 0.535. The van der Waals surface area contributed by atoms with E-state index in [0.717, 1.165) is 34.4 Å². The van der Waals surface area contributed by atoms with Crippen molar-refractivity contribution in [1.82, 2.24) is 24.3 Å². The molecule has 0 spiro atoms. The molecule has 8 heteroatoms. The largest absolute Gasteiger partial charge is 0.307 e. The molecule has 3 heterocycles. The molecular weight excluding hydrogens is 384 g/mol. The minimum Gasteiger partial charge on any atom is -0.307 e. The number of hydrogen-bond donors (Lipinski definition) is 1. The van der Waals surface area contributed by atoms with Crippen LogP contribution in [-0.2, 0) is 7.05 Å². The van der Waals surface area contributed by atoms with Crippen LogP contribution >= 0.6 is 11.3 Å². The molecule has 1 amide bonds. The summed E-state index contributed by atoms with van der Waals surface area (Å²) >= 11 is 1.44.